The van der Waals surface area contributed by atoms with Gasteiger partial charge in [0, 0.05) is 21.3 Å². The molecular formula is C16H16N2OS. The van der Waals surface area contributed by atoms with Crippen molar-refractivity contribution in [1.82, 2.24) is 4.98 Å². The van der Waals surface area contributed by atoms with Crippen LogP contribution in [0.15, 0.2) is 42.6 Å². The highest BCUT2D eigenvalue weighted by molar-refractivity contribution is 7.11. The third-order valence-electron chi connectivity index (χ3n) is 3.20. The van der Waals surface area contributed by atoms with Gasteiger partial charge in [0.15, 0.2) is 0 Å². The van der Waals surface area contributed by atoms with Crippen molar-refractivity contribution in [3.8, 4) is 5.75 Å². The van der Waals surface area contributed by atoms with Crippen LogP contribution in [-0.4, -0.2) is 4.98 Å². The highest BCUT2D eigenvalue weighted by Gasteiger charge is 2.07. The Morgan fingerprint density at radius 3 is 2.80 bits per heavy atom. The highest BCUT2D eigenvalue weighted by Crippen LogP contribution is 2.29. The SMILES string of the molecule is CCc1ccc(COc2ccc(N)c3ncccc23)s1. The first-order valence-corrected chi connectivity index (χ1v) is 7.43. The Morgan fingerprint density at radius 2 is 2.00 bits per heavy atom. The lowest BCUT2D eigenvalue weighted by Crippen LogP contribution is -1.96. The molecule has 0 unspecified atom stereocenters. The summed E-state index contributed by atoms with van der Waals surface area (Å²) >= 11 is 1.80. The van der Waals surface area contributed by atoms with E-state index in [0.29, 0.717) is 12.3 Å². The zero-order chi connectivity index (χ0) is 13.9. The van der Waals surface area contributed by atoms with E-state index in [1.54, 1.807) is 17.5 Å². The van der Waals surface area contributed by atoms with Crippen LogP contribution in [0.5, 0.6) is 5.75 Å². The summed E-state index contributed by atoms with van der Waals surface area (Å²) in [7, 11) is 0. The molecule has 20 heavy (non-hydrogen) atoms. The van der Waals surface area contributed by atoms with E-state index in [1.165, 1.54) is 9.75 Å². The van der Waals surface area contributed by atoms with Gasteiger partial charge in [-0.25, -0.2) is 0 Å². The van der Waals surface area contributed by atoms with Crippen LogP contribution in [0.25, 0.3) is 10.9 Å². The van der Waals surface area contributed by atoms with E-state index in [4.69, 9.17) is 10.5 Å². The molecule has 102 valence electrons. The molecule has 0 bridgehead atoms. The van der Waals surface area contributed by atoms with Crippen molar-refractivity contribution in [3.05, 3.63) is 52.3 Å². The normalized spacial score (nSPS) is 10.8. The van der Waals surface area contributed by atoms with Crippen LogP contribution in [0.3, 0.4) is 0 Å². The monoisotopic (exact) mass is 284 g/mol. The molecule has 0 fully saturated rings. The molecule has 0 spiro atoms. The van der Waals surface area contributed by atoms with Crippen LogP contribution in [0, 0.1) is 0 Å². The molecule has 0 aliphatic heterocycles. The van der Waals surface area contributed by atoms with Crippen molar-refractivity contribution >= 4 is 27.9 Å². The number of pyridine rings is 1. The summed E-state index contributed by atoms with van der Waals surface area (Å²) in [4.78, 5) is 6.93. The zero-order valence-corrected chi connectivity index (χ0v) is 12.1. The molecule has 0 aliphatic carbocycles. The van der Waals surface area contributed by atoms with Gasteiger partial charge < -0.3 is 10.5 Å². The number of thiophene rings is 1. The Hall–Kier alpha value is -2.07. The molecule has 3 aromatic rings. The number of aryl methyl sites for hydroxylation is 1. The van der Waals surface area contributed by atoms with Crippen molar-refractivity contribution in [2.75, 3.05) is 5.73 Å². The average Bonchev–Trinajstić information content (AvgIpc) is 2.95. The number of aromatic nitrogens is 1. The number of anilines is 1. The van der Waals surface area contributed by atoms with Crippen LogP contribution in [0.4, 0.5) is 5.69 Å². The van der Waals surface area contributed by atoms with Crippen molar-refractivity contribution in [1.29, 1.82) is 0 Å². The maximum Gasteiger partial charge on any atom is 0.129 e. The fourth-order valence-corrected chi connectivity index (χ4v) is 3.00. The maximum atomic E-state index is 5.94. The number of nitrogens with two attached hydrogens (primary N) is 1. The fourth-order valence-electron chi connectivity index (χ4n) is 2.13. The lowest BCUT2D eigenvalue weighted by molar-refractivity contribution is 0.313. The molecule has 0 saturated heterocycles. The topological polar surface area (TPSA) is 48.1 Å². The molecule has 4 heteroatoms. The summed E-state index contributed by atoms with van der Waals surface area (Å²) in [6.07, 6.45) is 2.81. The van der Waals surface area contributed by atoms with Gasteiger partial charge >= 0.3 is 0 Å². The molecule has 0 atom stereocenters. The second kappa shape index (κ2) is 5.51. The second-order valence-corrected chi connectivity index (χ2v) is 5.82. The van der Waals surface area contributed by atoms with Crippen LogP contribution in [0.2, 0.25) is 0 Å². The zero-order valence-electron chi connectivity index (χ0n) is 11.3. The van der Waals surface area contributed by atoms with E-state index >= 15 is 0 Å². The molecule has 1 aromatic carbocycles. The molecule has 0 saturated carbocycles. The third-order valence-corrected chi connectivity index (χ3v) is 4.40. The average molecular weight is 284 g/mol. The number of nitrogens with zero attached hydrogens (tertiary/aromatic N) is 1. The van der Waals surface area contributed by atoms with E-state index in [1.807, 2.05) is 24.3 Å². The van der Waals surface area contributed by atoms with Gasteiger partial charge in [-0.15, -0.1) is 11.3 Å². The van der Waals surface area contributed by atoms with Gasteiger partial charge in [-0.3, -0.25) is 4.98 Å². The fraction of sp³-hybridized carbons (Fsp3) is 0.188. The van der Waals surface area contributed by atoms with Crippen LogP contribution in [-0.2, 0) is 13.0 Å². The second-order valence-electron chi connectivity index (χ2n) is 4.56. The summed E-state index contributed by atoms with van der Waals surface area (Å²) in [6, 6.07) is 11.9. The van der Waals surface area contributed by atoms with Gasteiger partial charge in [0.05, 0.1) is 11.2 Å². The minimum absolute atomic E-state index is 0.582. The van der Waals surface area contributed by atoms with Gasteiger partial charge in [-0.2, -0.15) is 0 Å². The smallest absolute Gasteiger partial charge is 0.129 e. The molecule has 2 aromatic heterocycles. The summed E-state index contributed by atoms with van der Waals surface area (Å²) in [6.45, 7) is 2.74. The first kappa shape index (κ1) is 12.9. The van der Waals surface area contributed by atoms with E-state index in [9.17, 15) is 0 Å². The van der Waals surface area contributed by atoms with Crippen molar-refractivity contribution in [2.24, 2.45) is 0 Å². The molecule has 2 heterocycles. The van der Waals surface area contributed by atoms with Gasteiger partial charge in [0.1, 0.15) is 12.4 Å². The van der Waals surface area contributed by atoms with E-state index < -0.39 is 0 Å². The molecular weight excluding hydrogens is 268 g/mol. The minimum atomic E-state index is 0.582. The predicted molar refractivity (Wildman–Crippen MR) is 84.2 cm³/mol. The summed E-state index contributed by atoms with van der Waals surface area (Å²) < 4.78 is 5.93. The standard InChI is InChI=1S/C16H16N2OS/c1-2-11-5-6-12(20-11)10-19-15-8-7-14(17)16-13(15)4-3-9-18-16/h3-9H,2,10,17H2,1H3. The van der Waals surface area contributed by atoms with E-state index in [-0.39, 0.29) is 0 Å². The highest BCUT2D eigenvalue weighted by atomic mass is 32.1. The van der Waals surface area contributed by atoms with Crippen molar-refractivity contribution < 1.29 is 4.74 Å². The van der Waals surface area contributed by atoms with E-state index in [0.717, 1.165) is 23.1 Å². The lowest BCUT2D eigenvalue weighted by atomic mass is 10.2. The van der Waals surface area contributed by atoms with Crippen LogP contribution < -0.4 is 10.5 Å². The van der Waals surface area contributed by atoms with Gasteiger partial charge in [0.25, 0.3) is 0 Å². The Labute approximate surface area is 122 Å². The molecule has 2 N–H and O–H groups in total. The Balaban J connectivity index is 1.86. The Morgan fingerprint density at radius 1 is 1.15 bits per heavy atom. The largest absolute Gasteiger partial charge is 0.487 e. The number of hydrogen-bond acceptors (Lipinski definition) is 4. The van der Waals surface area contributed by atoms with E-state index in [2.05, 4.69) is 24.0 Å². The maximum absolute atomic E-state index is 5.94. The first-order valence-electron chi connectivity index (χ1n) is 6.61. The van der Waals surface area contributed by atoms with Crippen molar-refractivity contribution in [2.45, 2.75) is 20.0 Å². The summed E-state index contributed by atoms with van der Waals surface area (Å²) in [5.41, 5.74) is 7.41. The molecule has 0 amide bonds. The predicted octanol–water partition coefficient (Wildman–Crippen LogP) is 4.02. The molecule has 0 radical (unpaired) electrons. The Bertz CT molecular complexity index is 736. The third kappa shape index (κ3) is 2.47. The number of fused-ring (bicyclic) bond motifs is 1. The number of nitrogen functional groups attached to an aromatic ring is 1. The lowest BCUT2D eigenvalue weighted by Gasteiger charge is -2.09. The number of hydrogen-bond donors (Lipinski definition) is 1. The van der Waals surface area contributed by atoms with Gasteiger partial charge in [-0.05, 0) is 42.8 Å². The molecule has 3 rings (SSSR count). The number of benzene rings is 1. The van der Waals surface area contributed by atoms with Crippen LogP contribution in [0.1, 0.15) is 16.7 Å². The number of ether oxygens (including phenoxy) is 1. The summed E-state index contributed by atoms with van der Waals surface area (Å²) in [5, 5.41) is 0.958. The van der Waals surface area contributed by atoms with Crippen LogP contribution >= 0.6 is 11.3 Å². The van der Waals surface area contributed by atoms with Gasteiger partial charge in [0.2, 0.25) is 0 Å². The van der Waals surface area contributed by atoms with Crippen molar-refractivity contribution in [3.63, 3.8) is 0 Å². The minimum Gasteiger partial charge on any atom is -0.487 e. The van der Waals surface area contributed by atoms with Gasteiger partial charge in [-0.1, -0.05) is 6.92 Å². The summed E-state index contributed by atoms with van der Waals surface area (Å²) in [5.74, 6) is 0.828. The molecule has 0 aliphatic rings. The number of rotatable bonds is 4. The molecule has 3 nitrogen and oxygen atoms in total. The Kier molecular flexibility index (Phi) is 3.56. The first-order chi connectivity index (χ1) is 9.78. The quantitative estimate of drug-likeness (QED) is 0.736.